The van der Waals surface area contributed by atoms with Gasteiger partial charge in [0.25, 0.3) is 5.91 Å². The highest BCUT2D eigenvalue weighted by Gasteiger charge is 2.47. The van der Waals surface area contributed by atoms with Gasteiger partial charge >= 0.3 is 0 Å². The minimum absolute atomic E-state index is 0.0107. The Bertz CT molecular complexity index is 791. The first-order valence-corrected chi connectivity index (χ1v) is 11.7. The first-order chi connectivity index (χ1) is 15.1. The Balaban J connectivity index is 1.41. The van der Waals surface area contributed by atoms with Crippen molar-refractivity contribution in [3.63, 3.8) is 0 Å². The van der Waals surface area contributed by atoms with Crippen molar-refractivity contribution >= 4 is 17.7 Å². The van der Waals surface area contributed by atoms with E-state index in [9.17, 15) is 14.4 Å². The average molecular weight is 427 g/mol. The van der Waals surface area contributed by atoms with Gasteiger partial charge in [0.2, 0.25) is 11.8 Å². The predicted molar refractivity (Wildman–Crippen MR) is 118 cm³/mol. The molecule has 1 aromatic rings. The maximum absolute atomic E-state index is 13.4. The van der Waals surface area contributed by atoms with E-state index < -0.39 is 0 Å². The molecule has 31 heavy (non-hydrogen) atoms. The molecule has 1 aliphatic carbocycles. The first kappa shape index (κ1) is 21.8. The zero-order valence-corrected chi connectivity index (χ0v) is 18.4. The molecule has 4 rings (SSSR count). The quantitative estimate of drug-likeness (QED) is 0.752. The predicted octanol–water partition coefficient (Wildman–Crippen LogP) is 1.79. The number of hydrogen-bond acceptors (Lipinski definition) is 4. The molecule has 0 radical (unpaired) electrons. The van der Waals surface area contributed by atoms with Crippen molar-refractivity contribution in [3.05, 3.63) is 35.9 Å². The van der Waals surface area contributed by atoms with Gasteiger partial charge in [-0.15, -0.1) is 0 Å². The second kappa shape index (κ2) is 9.81. The fourth-order valence-electron chi connectivity index (χ4n) is 5.53. The minimum atomic E-state index is -0.385. The smallest absolute Gasteiger partial charge is 0.254 e. The molecule has 168 valence electrons. The lowest BCUT2D eigenvalue weighted by atomic mass is 9.84. The van der Waals surface area contributed by atoms with Gasteiger partial charge in [-0.2, -0.15) is 0 Å². The Morgan fingerprint density at radius 1 is 1.00 bits per heavy atom. The summed E-state index contributed by atoms with van der Waals surface area (Å²) in [5.41, 5.74) is 0.661. The minimum Gasteiger partial charge on any atom is -0.358 e. The number of fused-ring (bicyclic) bond motifs is 1. The van der Waals surface area contributed by atoms with E-state index in [4.69, 9.17) is 0 Å². The number of amides is 3. The van der Waals surface area contributed by atoms with Gasteiger partial charge in [-0.25, -0.2) is 0 Å². The normalized spacial score (nSPS) is 26.9. The summed E-state index contributed by atoms with van der Waals surface area (Å²) in [5.74, 6) is 0.414. The molecule has 2 aliphatic heterocycles. The molecule has 3 fully saturated rings. The van der Waals surface area contributed by atoms with Crippen LogP contribution in [0.2, 0.25) is 0 Å². The molecule has 3 unspecified atom stereocenters. The van der Waals surface area contributed by atoms with Gasteiger partial charge in [0.1, 0.15) is 6.04 Å². The number of likely N-dealkylation sites (tertiary alicyclic amines) is 2. The Kier molecular flexibility index (Phi) is 6.90. The van der Waals surface area contributed by atoms with E-state index in [0.29, 0.717) is 18.0 Å². The van der Waals surface area contributed by atoms with Gasteiger partial charge in [0, 0.05) is 37.8 Å². The van der Waals surface area contributed by atoms with Gasteiger partial charge < -0.3 is 15.5 Å². The number of piperidine rings is 1. The zero-order valence-electron chi connectivity index (χ0n) is 18.4. The number of hydrogen-bond donors (Lipinski definition) is 2. The lowest BCUT2D eigenvalue weighted by Gasteiger charge is -2.35. The van der Waals surface area contributed by atoms with Crippen molar-refractivity contribution in [2.45, 2.75) is 63.1 Å². The summed E-state index contributed by atoms with van der Waals surface area (Å²) in [6.07, 6.45) is 6.83. The van der Waals surface area contributed by atoms with Crippen LogP contribution < -0.4 is 10.6 Å². The van der Waals surface area contributed by atoms with Gasteiger partial charge in [-0.05, 0) is 50.2 Å². The van der Waals surface area contributed by atoms with E-state index in [1.807, 2.05) is 35.2 Å². The zero-order chi connectivity index (χ0) is 21.8. The third-order valence-electron chi connectivity index (χ3n) is 7.23. The van der Waals surface area contributed by atoms with Crippen molar-refractivity contribution in [2.75, 3.05) is 26.7 Å². The number of nitrogens with one attached hydrogen (secondary N) is 2. The van der Waals surface area contributed by atoms with E-state index in [2.05, 4.69) is 15.5 Å². The summed E-state index contributed by atoms with van der Waals surface area (Å²) < 4.78 is 0. The molecule has 0 aromatic heterocycles. The summed E-state index contributed by atoms with van der Waals surface area (Å²) in [6, 6.07) is 9.24. The summed E-state index contributed by atoms with van der Waals surface area (Å²) in [5, 5.41) is 5.89. The number of carbonyl (C=O) groups is 3. The van der Waals surface area contributed by atoms with Crippen molar-refractivity contribution < 1.29 is 14.4 Å². The number of nitrogens with zero attached hydrogens (tertiary/aromatic N) is 2. The van der Waals surface area contributed by atoms with E-state index >= 15 is 0 Å². The Morgan fingerprint density at radius 2 is 1.71 bits per heavy atom. The summed E-state index contributed by atoms with van der Waals surface area (Å²) in [6.45, 7) is 1.99. The fraction of sp³-hybridized carbons (Fsp3) is 0.625. The van der Waals surface area contributed by atoms with Gasteiger partial charge in [-0.3, -0.25) is 19.3 Å². The molecule has 0 bridgehead atoms. The number of carbonyl (C=O) groups excluding carboxylic acids is 3. The number of likely N-dealkylation sites (N-methyl/N-ethyl adjacent to an activating group) is 1. The van der Waals surface area contributed by atoms with Gasteiger partial charge in [0.15, 0.2) is 0 Å². The second-order valence-electron chi connectivity index (χ2n) is 9.17. The van der Waals surface area contributed by atoms with Gasteiger partial charge in [0.05, 0.1) is 6.54 Å². The third kappa shape index (κ3) is 4.92. The van der Waals surface area contributed by atoms with Gasteiger partial charge in [-0.1, -0.05) is 31.0 Å². The monoisotopic (exact) mass is 426 g/mol. The van der Waals surface area contributed by atoms with Crippen LogP contribution in [0.3, 0.4) is 0 Å². The molecule has 2 saturated heterocycles. The van der Waals surface area contributed by atoms with E-state index in [-0.39, 0.29) is 35.8 Å². The molecule has 7 heteroatoms. The highest BCUT2D eigenvalue weighted by molar-refractivity contribution is 5.98. The Hall–Kier alpha value is -2.41. The van der Waals surface area contributed by atoms with Crippen LogP contribution in [0.5, 0.6) is 0 Å². The largest absolute Gasteiger partial charge is 0.358 e. The highest BCUT2D eigenvalue weighted by atomic mass is 16.2. The maximum Gasteiger partial charge on any atom is 0.254 e. The van der Waals surface area contributed by atoms with Crippen LogP contribution in [0.25, 0.3) is 0 Å². The molecular weight excluding hydrogens is 392 g/mol. The summed E-state index contributed by atoms with van der Waals surface area (Å²) in [7, 11) is 1.65. The van der Waals surface area contributed by atoms with Crippen molar-refractivity contribution in [1.29, 1.82) is 0 Å². The van der Waals surface area contributed by atoms with Crippen LogP contribution in [0.1, 0.15) is 55.3 Å². The van der Waals surface area contributed by atoms with Crippen LogP contribution >= 0.6 is 0 Å². The lowest BCUT2D eigenvalue weighted by Crippen LogP contribution is -2.53. The number of benzene rings is 1. The third-order valence-corrected chi connectivity index (χ3v) is 7.23. The first-order valence-electron chi connectivity index (χ1n) is 11.7. The molecule has 1 aromatic carbocycles. The molecule has 1 saturated carbocycles. The molecule has 0 spiro atoms. The van der Waals surface area contributed by atoms with E-state index in [1.165, 1.54) is 6.42 Å². The molecule has 3 atom stereocenters. The molecule has 2 N–H and O–H groups in total. The molecule has 3 amide bonds. The number of rotatable bonds is 5. The second-order valence-corrected chi connectivity index (χ2v) is 9.17. The Labute approximate surface area is 184 Å². The van der Waals surface area contributed by atoms with Crippen LogP contribution in [-0.4, -0.2) is 72.3 Å². The van der Waals surface area contributed by atoms with Crippen LogP contribution in [-0.2, 0) is 9.59 Å². The summed E-state index contributed by atoms with van der Waals surface area (Å²) in [4.78, 5) is 42.3. The van der Waals surface area contributed by atoms with Crippen molar-refractivity contribution in [2.24, 2.45) is 5.92 Å². The van der Waals surface area contributed by atoms with Crippen LogP contribution in [0.4, 0.5) is 0 Å². The van der Waals surface area contributed by atoms with Crippen molar-refractivity contribution in [1.82, 2.24) is 20.4 Å². The molecule has 2 heterocycles. The van der Waals surface area contributed by atoms with Crippen molar-refractivity contribution in [3.8, 4) is 0 Å². The van der Waals surface area contributed by atoms with Crippen LogP contribution in [0.15, 0.2) is 30.3 Å². The summed E-state index contributed by atoms with van der Waals surface area (Å²) >= 11 is 0. The molecule has 3 aliphatic rings. The molecular formula is C24H34N4O3. The SMILES string of the molecule is CNC(=O)CN1CCC(NC(=O)C2CC3CCCCC3N2C(=O)c2ccccc2)CC1. The average Bonchev–Trinajstić information content (AvgIpc) is 3.20. The topological polar surface area (TPSA) is 81.8 Å². The standard InChI is InChI=1S/C24H34N4O3/c1-25-22(29)16-27-13-11-19(12-14-27)26-23(30)21-15-18-9-5-6-10-20(18)28(21)24(31)17-7-3-2-4-8-17/h2-4,7-8,18-21H,5-6,9-16H2,1H3,(H,25,29)(H,26,30). The molecule has 7 nitrogen and oxygen atoms in total. The highest BCUT2D eigenvalue weighted by Crippen LogP contribution is 2.40. The van der Waals surface area contributed by atoms with E-state index in [1.54, 1.807) is 7.05 Å². The Morgan fingerprint density at radius 3 is 2.42 bits per heavy atom. The van der Waals surface area contributed by atoms with E-state index in [0.717, 1.165) is 51.6 Å². The lowest BCUT2D eigenvalue weighted by molar-refractivity contribution is -0.127. The van der Waals surface area contributed by atoms with Crippen LogP contribution in [0, 0.1) is 5.92 Å². The fourth-order valence-corrected chi connectivity index (χ4v) is 5.53. The maximum atomic E-state index is 13.4.